The fraction of sp³-hybridized carbons (Fsp3) is 0.475. The molecular weight excluding hydrogens is 775 g/mol. The number of fused-ring (bicyclic) bond motifs is 9. The zero-order valence-electron chi connectivity index (χ0n) is 41.5. The summed E-state index contributed by atoms with van der Waals surface area (Å²) in [5.41, 5.74) is 19.7. The molecule has 0 unspecified atom stereocenters. The fourth-order valence-corrected chi connectivity index (χ4v) is 14.3. The quantitative estimate of drug-likeness (QED) is 0.152. The Morgan fingerprint density at radius 1 is 0.594 bits per heavy atom. The minimum atomic E-state index is -0.392. The lowest BCUT2D eigenvalue weighted by atomic mass is 9.57. The normalized spacial score (nSPS) is 22.1. The number of hydrogen-bond donors (Lipinski definition) is 0. The van der Waals surface area contributed by atoms with Crippen molar-refractivity contribution in [1.29, 1.82) is 5.26 Å². The number of hydrogen-bond acceptors (Lipinski definition) is 1. The van der Waals surface area contributed by atoms with Crippen LogP contribution in [0.3, 0.4) is 0 Å². The highest BCUT2D eigenvalue weighted by Crippen LogP contribution is 2.69. The highest BCUT2D eigenvalue weighted by molar-refractivity contribution is 6.28. The highest BCUT2D eigenvalue weighted by Gasteiger charge is 2.60. The molecule has 5 aromatic carbocycles. The van der Waals surface area contributed by atoms with E-state index in [1.165, 1.54) is 105 Å². The summed E-state index contributed by atoms with van der Waals surface area (Å²) in [7, 11) is 0. The van der Waals surface area contributed by atoms with E-state index < -0.39 is 5.41 Å². The molecule has 12 rings (SSSR count). The van der Waals surface area contributed by atoms with E-state index in [-0.39, 0.29) is 44.3 Å². The van der Waals surface area contributed by atoms with Crippen molar-refractivity contribution >= 4 is 43.8 Å². The Labute approximate surface area is 382 Å². The van der Waals surface area contributed by atoms with Crippen molar-refractivity contribution in [2.75, 3.05) is 0 Å². The van der Waals surface area contributed by atoms with Gasteiger partial charge in [-0.2, -0.15) is 5.26 Å². The van der Waals surface area contributed by atoms with E-state index in [0.29, 0.717) is 0 Å². The standard InChI is InChI=1S/C61H67N3/c1-55(2,3)36-26-34(27-37(30-36)56(4,5)6)35-28-38-45-48-47(57(7,8)41-20-18-19-21-42(41)58(48,9)10)40(31-62)43-32-22-24-33(25-23-32)44-51(63-17)50-49(59(11,12)61(15,16)60(50,13)14)46-39(29-35)52(38)64(53(43)45)54(44)46/h18-21,26-30,32-33H,22-25H2,1-16H3. The molecular formula is C61H67N3. The summed E-state index contributed by atoms with van der Waals surface area (Å²) in [5, 5.41) is 17.1. The van der Waals surface area contributed by atoms with Crippen LogP contribution in [0.4, 0.5) is 5.69 Å². The Bertz CT molecular complexity index is 3300. The molecule has 5 aliphatic rings. The van der Waals surface area contributed by atoms with Gasteiger partial charge in [-0.15, -0.1) is 0 Å². The second-order valence-electron chi connectivity index (χ2n) is 25.5. The Hall–Kier alpha value is -5.12. The van der Waals surface area contributed by atoms with Gasteiger partial charge < -0.3 is 4.40 Å². The number of nitrogens with zero attached hydrogens (tertiary/aromatic N) is 3. The van der Waals surface area contributed by atoms with E-state index in [1.54, 1.807) is 0 Å². The third kappa shape index (κ3) is 4.73. The molecule has 7 aromatic rings. The van der Waals surface area contributed by atoms with Crippen molar-refractivity contribution in [2.24, 2.45) is 5.41 Å². The predicted molar refractivity (Wildman–Crippen MR) is 269 cm³/mol. The van der Waals surface area contributed by atoms with E-state index in [2.05, 4.69) is 176 Å². The average Bonchev–Trinajstić information content (AvgIpc) is 3.80. The smallest absolute Gasteiger partial charge is 0.196 e. The van der Waals surface area contributed by atoms with Gasteiger partial charge in [-0.25, -0.2) is 4.85 Å². The first kappa shape index (κ1) is 41.6. The van der Waals surface area contributed by atoms with Crippen LogP contribution in [0.25, 0.3) is 54.1 Å². The largest absolute Gasteiger partial charge is 0.309 e. The summed E-state index contributed by atoms with van der Waals surface area (Å²) in [6, 6.07) is 24.6. The van der Waals surface area contributed by atoms with Crippen LogP contribution in [-0.2, 0) is 32.5 Å². The third-order valence-corrected chi connectivity index (χ3v) is 19.0. The molecule has 0 spiro atoms. The molecule has 2 aromatic heterocycles. The van der Waals surface area contributed by atoms with Crippen LogP contribution in [0, 0.1) is 23.3 Å². The van der Waals surface area contributed by atoms with Crippen LogP contribution in [0.5, 0.6) is 0 Å². The van der Waals surface area contributed by atoms with Gasteiger partial charge in [0.2, 0.25) is 0 Å². The molecule has 3 nitrogen and oxygen atoms in total. The maximum atomic E-state index is 11.8. The van der Waals surface area contributed by atoms with Gasteiger partial charge in [-0.1, -0.05) is 153 Å². The van der Waals surface area contributed by atoms with Crippen molar-refractivity contribution in [1.82, 2.24) is 4.40 Å². The van der Waals surface area contributed by atoms with Gasteiger partial charge >= 0.3 is 0 Å². The summed E-state index contributed by atoms with van der Waals surface area (Å²) in [4.78, 5) is 4.71. The van der Waals surface area contributed by atoms with E-state index >= 15 is 0 Å². The summed E-state index contributed by atoms with van der Waals surface area (Å²) < 4.78 is 2.68. The topological polar surface area (TPSA) is 32.6 Å². The van der Waals surface area contributed by atoms with Crippen LogP contribution >= 0.6 is 0 Å². The van der Waals surface area contributed by atoms with E-state index in [1.807, 2.05) is 0 Å². The molecule has 0 atom stereocenters. The summed E-state index contributed by atoms with van der Waals surface area (Å²) in [5.74, 6) is 0.525. The maximum Gasteiger partial charge on any atom is 0.196 e. The molecule has 3 heteroatoms. The highest BCUT2D eigenvalue weighted by atomic mass is 14.9. The van der Waals surface area contributed by atoms with Crippen molar-refractivity contribution in [3.05, 3.63) is 127 Å². The molecule has 2 bridgehead atoms. The first-order valence-electron chi connectivity index (χ1n) is 24.3. The van der Waals surface area contributed by atoms with Gasteiger partial charge in [-0.05, 0) is 143 Å². The van der Waals surface area contributed by atoms with Crippen molar-refractivity contribution in [3.8, 4) is 17.2 Å². The van der Waals surface area contributed by atoms with Gasteiger partial charge in [0, 0.05) is 37.9 Å². The van der Waals surface area contributed by atoms with Gasteiger partial charge in [-0.3, -0.25) is 0 Å². The molecule has 1 saturated carbocycles. The third-order valence-electron chi connectivity index (χ3n) is 19.0. The minimum Gasteiger partial charge on any atom is -0.309 e. The number of rotatable bonds is 1. The first-order chi connectivity index (χ1) is 29.7. The molecule has 0 N–H and O–H groups in total. The maximum absolute atomic E-state index is 11.8. The summed E-state index contributed by atoms with van der Waals surface area (Å²) in [6.07, 6.45) is 4.09. The van der Waals surface area contributed by atoms with Crippen molar-refractivity contribution < 1.29 is 0 Å². The molecule has 0 radical (unpaired) electrons. The lowest BCUT2D eigenvalue weighted by Gasteiger charge is -2.45. The molecule has 326 valence electrons. The van der Waals surface area contributed by atoms with Gasteiger partial charge in [0.15, 0.2) is 5.69 Å². The van der Waals surface area contributed by atoms with Crippen LogP contribution in [-0.4, -0.2) is 4.40 Å². The summed E-state index contributed by atoms with van der Waals surface area (Å²) in [6.45, 7) is 47.6. The molecule has 3 aliphatic carbocycles. The first-order valence-corrected chi connectivity index (χ1v) is 24.3. The van der Waals surface area contributed by atoms with Crippen LogP contribution < -0.4 is 0 Å². The Balaban J connectivity index is 1.48. The molecule has 0 saturated heterocycles. The Morgan fingerprint density at radius 2 is 1.05 bits per heavy atom. The molecule has 0 amide bonds. The summed E-state index contributed by atoms with van der Waals surface area (Å²) >= 11 is 0. The SMILES string of the molecule is [C-]#[N+]c1c2c(c3c4cc(-c5cc(C(C)(C)C)cc(C(C)(C)C)c5)cc5c6c7c(c(C#N)c8c6n(c3c1C1CCC8CC1)c54)C(C)(C)c1ccccc1C7(C)C)C(C)(C)C(C)(C)C2(C)C. The second kappa shape index (κ2) is 12.2. The van der Waals surface area contributed by atoms with E-state index in [0.717, 1.165) is 36.9 Å². The lowest BCUT2D eigenvalue weighted by Crippen LogP contribution is -2.42. The number of benzene rings is 5. The van der Waals surface area contributed by atoms with Crippen molar-refractivity contribution in [2.45, 2.75) is 181 Å². The zero-order chi connectivity index (χ0) is 46.0. The monoisotopic (exact) mass is 842 g/mol. The van der Waals surface area contributed by atoms with E-state index in [9.17, 15) is 11.8 Å². The molecule has 4 heterocycles. The number of nitriles is 1. The van der Waals surface area contributed by atoms with Crippen LogP contribution in [0.2, 0.25) is 0 Å². The lowest BCUT2D eigenvalue weighted by molar-refractivity contribution is 0.126. The molecule has 2 aliphatic heterocycles. The Morgan fingerprint density at radius 3 is 1.55 bits per heavy atom. The van der Waals surface area contributed by atoms with Gasteiger partial charge in [0.1, 0.15) is 0 Å². The van der Waals surface area contributed by atoms with E-state index in [4.69, 9.17) is 4.85 Å². The second-order valence-corrected chi connectivity index (χ2v) is 25.5. The van der Waals surface area contributed by atoms with Crippen molar-refractivity contribution in [3.63, 3.8) is 0 Å². The molecule has 64 heavy (non-hydrogen) atoms. The fourth-order valence-electron chi connectivity index (χ4n) is 14.3. The zero-order valence-corrected chi connectivity index (χ0v) is 41.5. The minimum absolute atomic E-state index is 0.0359. The van der Waals surface area contributed by atoms with Gasteiger partial charge in [0.05, 0.1) is 29.2 Å². The average molecular weight is 842 g/mol. The van der Waals surface area contributed by atoms with Crippen LogP contribution in [0.1, 0.15) is 209 Å². The predicted octanol–water partition coefficient (Wildman–Crippen LogP) is 16.8. The van der Waals surface area contributed by atoms with Crippen LogP contribution in [0.15, 0.2) is 54.6 Å². The van der Waals surface area contributed by atoms with Gasteiger partial charge in [0.25, 0.3) is 0 Å². The Kier molecular flexibility index (Phi) is 7.93. The number of aromatic nitrogens is 1. The molecule has 1 fully saturated rings.